The van der Waals surface area contributed by atoms with Crippen LogP contribution in [0, 0.1) is 11.8 Å². The van der Waals surface area contributed by atoms with Crippen molar-refractivity contribution in [1.29, 1.82) is 0 Å². The molecule has 3 nitrogen and oxygen atoms in total. The maximum atomic E-state index is 11.6. The molecule has 1 amide bonds. The fraction of sp³-hybridized carbons (Fsp3) is 0.923. The molecule has 0 heterocycles. The summed E-state index contributed by atoms with van der Waals surface area (Å²) in [6.07, 6.45) is 7.31. The summed E-state index contributed by atoms with van der Waals surface area (Å²) in [6, 6.07) is -0.330. The smallest absolute Gasteiger partial charge is 0.236 e. The summed E-state index contributed by atoms with van der Waals surface area (Å²) in [5.41, 5.74) is 5.80. The lowest BCUT2D eigenvalue weighted by molar-refractivity contribution is -0.122. The Hall–Kier alpha value is -0.570. The number of hydrogen-bond acceptors (Lipinski definition) is 2. The molecule has 0 aromatic heterocycles. The van der Waals surface area contributed by atoms with Crippen molar-refractivity contribution in [2.24, 2.45) is 17.6 Å². The standard InChI is InChI=1S/C13H26N2O/c1-10(2)9-12(14)13(16)15-8-7-11-5-3-4-6-11/h10-12H,3-9,14H2,1-2H3,(H,15,16)/t12-/m0/s1. The Balaban J connectivity index is 2.09. The second-order valence-electron chi connectivity index (χ2n) is 5.47. The van der Waals surface area contributed by atoms with Gasteiger partial charge in [-0.15, -0.1) is 0 Å². The zero-order valence-corrected chi connectivity index (χ0v) is 10.7. The van der Waals surface area contributed by atoms with E-state index in [9.17, 15) is 4.79 Å². The van der Waals surface area contributed by atoms with E-state index in [1.807, 2.05) is 0 Å². The summed E-state index contributed by atoms with van der Waals surface area (Å²) in [5, 5.41) is 2.95. The van der Waals surface area contributed by atoms with Gasteiger partial charge in [-0.05, 0) is 24.7 Å². The van der Waals surface area contributed by atoms with Gasteiger partial charge in [-0.3, -0.25) is 4.79 Å². The number of hydrogen-bond donors (Lipinski definition) is 2. The summed E-state index contributed by atoms with van der Waals surface area (Å²) < 4.78 is 0. The molecule has 3 N–H and O–H groups in total. The van der Waals surface area contributed by atoms with E-state index < -0.39 is 0 Å². The molecule has 1 saturated carbocycles. The zero-order valence-electron chi connectivity index (χ0n) is 10.7. The topological polar surface area (TPSA) is 55.1 Å². The van der Waals surface area contributed by atoms with Gasteiger partial charge in [0.25, 0.3) is 0 Å². The Morgan fingerprint density at radius 3 is 2.56 bits per heavy atom. The molecule has 1 atom stereocenters. The average Bonchev–Trinajstić information content (AvgIpc) is 2.69. The number of rotatable bonds is 6. The molecule has 16 heavy (non-hydrogen) atoms. The highest BCUT2D eigenvalue weighted by Crippen LogP contribution is 2.26. The van der Waals surface area contributed by atoms with Crippen LogP contribution in [0.4, 0.5) is 0 Å². The van der Waals surface area contributed by atoms with Crippen LogP contribution >= 0.6 is 0 Å². The van der Waals surface area contributed by atoms with E-state index in [4.69, 9.17) is 5.73 Å². The molecule has 94 valence electrons. The molecule has 0 radical (unpaired) electrons. The minimum atomic E-state index is -0.330. The van der Waals surface area contributed by atoms with Crippen molar-refractivity contribution in [2.45, 2.75) is 58.4 Å². The Kier molecular flexibility index (Phi) is 5.81. The van der Waals surface area contributed by atoms with Crippen molar-refractivity contribution in [3.05, 3.63) is 0 Å². The second-order valence-corrected chi connectivity index (χ2v) is 5.47. The Bertz CT molecular complexity index is 210. The van der Waals surface area contributed by atoms with Gasteiger partial charge in [0, 0.05) is 6.54 Å². The monoisotopic (exact) mass is 226 g/mol. The van der Waals surface area contributed by atoms with Crippen LogP contribution in [0.5, 0.6) is 0 Å². The van der Waals surface area contributed by atoms with Gasteiger partial charge >= 0.3 is 0 Å². The van der Waals surface area contributed by atoms with Gasteiger partial charge < -0.3 is 11.1 Å². The van der Waals surface area contributed by atoms with Crippen molar-refractivity contribution in [1.82, 2.24) is 5.32 Å². The van der Waals surface area contributed by atoms with E-state index in [-0.39, 0.29) is 11.9 Å². The third kappa shape index (κ3) is 4.97. The van der Waals surface area contributed by atoms with Gasteiger partial charge in [-0.25, -0.2) is 0 Å². The third-order valence-corrected chi connectivity index (χ3v) is 3.39. The first-order valence-electron chi connectivity index (χ1n) is 6.63. The van der Waals surface area contributed by atoms with Gasteiger partial charge in [0.05, 0.1) is 6.04 Å². The van der Waals surface area contributed by atoms with E-state index in [0.717, 1.165) is 25.3 Å². The maximum absolute atomic E-state index is 11.6. The first-order chi connectivity index (χ1) is 7.59. The predicted molar refractivity (Wildman–Crippen MR) is 67.0 cm³/mol. The SMILES string of the molecule is CC(C)C[C@H](N)C(=O)NCCC1CCCC1. The molecule has 1 rings (SSSR count). The molecule has 0 spiro atoms. The highest BCUT2D eigenvalue weighted by atomic mass is 16.2. The molecule has 1 aliphatic carbocycles. The van der Waals surface area contributed by atoms with Crippen molar-refractivity contribution in [3.63, 3.8) is 0 Å². The van der Waals surface area contributed by atoms with Crippen molar-refractivity contribution in [3.8, 4) is 0 Å². The number of nitrogens with one attached hydrogen (secondary N) is 1. The molecule has 0 bridgehead atoms. The fourth-order valence-corrected chi connectivity index (χ4v) is 2.44. The van der Waals surface area contributed by atoms with Gasteiger partial charge in [0.1, 0.15) is 0 Å². The van der Waals surface area contributed by atoms with Gasteiger partial charge in [0.2, 0.25) is 5.91 Å². The van der Waals surface area contributed by atoms with E-state index in [1.165, 1.54) is 25.7 Å². The number of amides is 1. The largest absolute Gasteiger partial charge is 0.355 e. The third-order valence-electron chi connectivity index (χ3n) is 3.39. The molecule has 0 unspecified atom stereocenters. The first kappa shape index (κ1) is 13.5. The molecule has 0 aromatic carbocycles. The minimum Gasteiger partial charge on any atom is -0.355 e. The van der Waals surface area contributed by atoms with Crippen LogP contribution in [0.15, 0.2) is 0 Å². The van der Waals surface area contributed by atoms with Crippen LogP contribution in [-0.4, -0.2) is 18.5 Å². The average molecular weight is 226 g/mol. The second kappa shape index (κ2) is 6.89. The number of carbonyl (C=O) groups excluding carboxylic acids is 1. The number of carbonyl (C=O) groups is 1. The van der Waals surface area contributed by atoms with Crippen LogP contribution in [-0.2, 0) is 4.79 Å². The lowest BCUT2D eigenvalue weighted by Gasteiger charge is -2.15. The van der Waals surface area contributed by atoms with Gasteiger partial charge in [-0.1, -0.05) is 39.5 Å². The van der Waals surface area contributed by atoms with Gasteiger partial charge in [0.15, 0.2) is 0 Å². The summed E-state index contributed by atoms with van der Waals surface area (Å²) in [6.45, 7) is 4.98. The maximum Gasteiger partial charge on any atom is 0.236 e. The first-order valence-corrected chi connectivity index (χ1v) is 6.63. The van der Waals surface area contributed by atoms with Crippen molar-refractivity contribution < 1.29 is 4.79 Å². The highest BCUT2D eigenvalue weighted by molar-refractivity contribution is 5.81. The Morgan fingerprint density at radius 2 is 2.00 bits per heavy atom. The molecule has 0 aromatic rings. The van der Waals surface area contributed by atoms with Crippen molar-refractivity contribution in [2.75, 3.05) is 6.54 Å². The van der Waals surface area contributed by atoms with Crippen LogP contribution in [0.2, 0.25) is 0 Å². The van der Waals surface area contributed by atoms with E-state index in [0.29, 0.717) is 5.92 Å². The summed E-state index contributed by atoms with van der Waals surface area (Å²) in [7, 11) is 0. The summed E-state index contributed by atoms with van der Waals surface area (Å²) >= 11 is 0. The zero-order chi connectivity index (χ0) is 12.0. The molecule has 1 aliphatic rings. The van der Waals surface area contributed by atoms with Crippen LogP contribution in [0.25, 0.3) is 0 Å². The highest BCUT2D eigenvalue weighted by Gasteiger charge is 2.17. The van der Waals surface area contributed by atoms with Crippen LogP contribution in [0.3, 0.4) is 0 Å². The molecule has 0 aliphatic heterocycles. The normalized spacial score (nSPS) is 19.0. The van der Waals surface area contributed by atoms with E-state index in [1.54, 1.807) is 0 Å². The molecule has 0 saturated heterocycles. The predicted octanol–water partition coefficient (Wildman–Crippen LogP) is 2.06. The molecule has 3 heteroatoms. The van der Waals surface area contributed by atoms with Crippen molar-refractivity contribution >= 4 is 5.91 Å². The molecular formula is C13H26N2O. The lowest BCUT2D eigenvalue weighted by Crippen LogP contribution is -2.41. The summed E-state index contributed by atoms with van der Waals surface area (Å²) in [5.74, 6) is 1.34. The lowest BCUT2D eigenvalue weighted by atomic mass is 10.0. The van der Waals surface area contributed by atoms with Crippen LogP contribution in [0.1, 0.15) is 52.4 Å². The number of nitrogens with two attached hydrogens (primary N) is 1. The molecular weight excluding hydrogens is 200 g/mol. The van der Waals surface area contributed by atoms with Crippen LogP contribution < -0.4 is 11.1 Å². The minimum absolute atomic E-state index is 0.0201. The van der Waals surface area contributed by atoms with Gasteiger partial charge in [-0.2, -0.15) is 0 Å². The van der Waals surface area contributed by atoms with E-state index >= 15 is 0 Å². The fourth-order valence-electron chi connectivity index (χ4n) is 2.44. The van der Waals surface area contributed by atoms with E-state index in [2.05, 4.69) is 19.2 Å². The molecule has 1 fully saturated rings. The summed E-state index contributed by atoms with van der Waals surface area (Å²) in [4.78, 5) is 11.6. The Morgan fingerprint density at radius 1 is 1.38 bits per heavy atom. The quantitative estimate of drug-likeness (QED) is 0.728. The Labute approximate surface area is 99.2 Å².